The Hall–Kier alpha value is -1.52. The number of hydrogen-bond acceptors (Lipinski definition) is 2. The van der Waals surface area contributed by atoms with Gasteiger partial charge in [0.25, 0.3) is 0 Å². The van der Waals surface area contributed by atoms with Crippen LogP contribution in [0.3, 0.4) is 0 Å². The molecule has 0 fully saturated rings. The highest BCUT2D eigenvalue weighted by molar-refractivity contribution is 9.10. The van der Waals surface area contributed by atoms with Crippen molar-refractivity contribution in [3.8, 4) is 5.75 Å². The lowest BCUT2D eigenvalue weighted by Crippen LogP contribution is -2.14. The Morgan fingerprint density at radius 2 is 1.95 bits per heavy atom. The molecule has 2 N–H and O–H groups in total. The molecular weight excluding hydrogens is 330 g/mol. The van der Waals surface area contributed by atoms with Gasteiger partial charge in [-0.3, -0.25) is 4.79 Å². The number of phenols is 1. The number of carbonyl (C=O) groups excluding carboxylic acids is 1. The van der Waals surface area contributed by atoms with Crippen LogP contribution in [0, 0.1) is 0 Å². The van der Waals surface area contributed by atoms with Gasteiger partial charge >= 0.3 is 0 Å². The third-order valence-electron chi connectivity index (χ3n) is 2.57. The van der Waals surface area contributed by atoms with Gasteiger partial charge in [-0.1, -0.05) is 35.9 Å². The fraction of sp³-hybridized carbons (Fsp3) is 0.0714. The van der Waals surface area contributed by atoms with Gasteiger partial charge in [0.1, 0.15) is 5.75 Å². The molecular formula is C14H11BrClNO2. The molecule has 19 heavy (non-hydrogen) atoms. The van der Waals surface area contributed by atoms with E-state index in [0.29, 0.717) is 20.7 Å². The zero-order chi connectivity index (χ0) is 13.8. The summed E-state index contributed by atoms with van der Waals surface area (Å²) in [4.78, 5) is 11.9. The number of carbonyl (C=O) groups is 1. The Morgan fingerprint density at radius 3 is 2.68 bits per heavy atom. The van der Waals surface area contributed by atoms with Crippen LogP contribution >= 0.6 is 27.5 Å². The summed E-state index contributed by atoms with van der Waals surface area (Å²) in [5.41, 5.74) is 1.19. The maximum Gasteiger partial charge on any atom is 0.228 e. The predicted octanol–water partition coefficient (Wildman–Crippen LogP) is 3.99. The van der Waals surface area contributed by atoms with Crippen molar-refractivity contribution in [3.05, 3.63) is 57.5 Å². The van der Waals surface area contributed by atoms with Crippen molar-refractivity contribution in [2.24, 2.45) is 0 Å². The van der Waals surface area contributed by atoms with E-state index in [-0.39, 0.29) is 18.1 Å². The quantitative estimate of drug-likeness (QED) is 0.887. The first-order valence-electron chi connectivity index (χ1n) is 5.58. The van der Waals surface area contributed by atoms with E-state index in [4.69, 9.17) is 11.6 Å². The molecule has 0 bridgehead atoms. The second-order valence-electron chi connectivity index (χ2n) is 3.96. The normalized spacial score (nSPS) is 10.2. The summed E-state index contributed by atoms with van der Waals surface area (Å²) in [6.07, 6.45) is 0.103. The number of aromatic hydroxyl groups is 1. The third-order valence-corrected chi connectivity index (χ3v) is 3.97. The Kier molecular flexibility index (Phi) is 4.45. The molecule has 3 nitrogen and oxygen atoms in total. The first-order valence-corrected chi connectivity index (χ1v) is 6.76. The number of phenolic OH excluding ortho intramolecular Hbond substituents is 1. The topological polar surface area (TPSA) is 49.3 Å². The van der Waals surface area contributed by atoms with Crippen LogP contribution in [0.25, 0.3) is 0 Å². The highest BCUT2D eigenvalue weighted by atomic mass is 79.9. The van der Waals surface area contributed by atoms with E-state index in [1.807, 2.05) is 0 Å². The lowest BCUT2D eigenvalue weighted by atomic mass is 10.1. The van der Waals surface area contributed by atoms with E-state index in [1.165, 1.54) is 0 Å². The van der Waals surface area contributed by atoms with Gasteiger partial charge in [0.2, 0.25) is 5.91 Å². The largest absolute Gasteiger partial charge is 0.508 e. The lowest BCUT2D eigenvalue weighted by molar-refractivity contribution is -0.115. The van der Waals surface area contributed by atoms with E-state index in [9.17, 15) is 9.90 Å². The van der Waals surface area contributed by atoms with Crippen LogP contribution in [0.2, 0.25) is 5.02 Å². The molecule has 2 aromatic rings. The number of anilines is 1. The molecule has 98 valence electrons. The number of benzene rings is 2. The number of rotatable bonds is 3. The molecule has 0 saturated heterocycles. The van der Waals surface area contributed by atoms with E-state index in [1.54, 1.807) is 42.5 Å². The van der Waals surface area contributed by atoms with Gasteiger partial charge in [0.05, 0.1) is 21.6 Å². The Bertz CT molecular complexity index is 616. The van der Waals surface area contributed by atoms with E-state index < -0.39 is 0 Å². The molecule has 0 atom stereocenters. The van der Waals surface area contributed by atoms with Crippen LogP contribution in [0.15, 0.2) is 46.9 Å². The van der Waals surface area contributed by atoms with Crippen molar-refractivity contribution in [1.29, 1.82) is 0 Å². The van der Waals surface area contributed by atoms with Crippen molar-refractivity contribution >= 4 is 39.1 Å². The molecule has 0 aliphatic carbocycles. The predicted molar refractivity (Wildman–Crippen MR) is 79.6 cm³/mol. The van der Waals surface area contributed by atoms with Crippen LogP contribution in [0.4, 0.5) is 5.69 Å². The van der Waals surface area contributed by atoms with Crippen molar-refractivity contribution in [2.75, 3.05) is 5.32 Å². The Labute approximate surface area is 124 Å². The van der Waals surface area contributed by atoms with Gasteiger partial charge in [0.15, 0.2) is 0 Å². The first-order chi connectivity index (χ1) is 9.08. The minimum atomic E-state index is -0.218. The summed E-state index contributed by atoms with van der Waals surface area (Å²) in [5.74, 6) is -0.104. The second-order valence-corrected chi connectivity index (χ2v) is 5.16. The number of hydrogen-bond donors (Lipinski definition) is 2. The highest BCUT2D eigenvalue weighted by Gasteiger charge is 2.10. The number of para-hydroxylation sites is 1. The average molecular weight is 341 g/mol. The maximum absolute atomic E-state index is 11.9. The van der Waals surface area contributed by atoms with Crippen molar-refractivity contribution in [3.63, 3.8) is 0 Å². The second kappa shape index (κ2) is 6.08. The fourth-order valence-corrected chi connectivity index (χ4v) is 2.17. The number of nitrogens with one attached hydrogen (secondary N) is 1. The molecule has 0 radical (unpaired) electrons. The Morgan fingerprint density at radius 1 is 1.21 bits per heavy atom. The summed E-state index contributed by atoms with van der Waals surface area (Å²) >= 11 is 9.26. The minimum Gasteiger partial charge on any atom is -0.508 e. The first kappa shape index (κ1) is 13.9. The van der Waals surface area contributed by atoms with Crippen LogP contribution in [-0.2, 0) is 11.2 Å². The van der Waals surface area contributed by atoms with Gasteiger partial charge in [-0.2, -0.15) is 0 Å². The highest BCUT2D eigenvalue weighted by Crippen LogP contribution is 2.30. The third kappa shape index (κ3) is 3.49. The van der Waals surface area contributed by atoms with E-state index in [2.05, 4.69) is 21.2 Å². The van der Waals surface area contributed by atoms with Gasteiger partial charge < -0.3 is 10.4 Å². The van der Waals surface area contributed by atoms with E-state index in [0.717, 1.165) is 0 Å². The molecule has 2 rings (SSSR count). The van der Waals surface area contributed by atoms with Gasteiger partial charge in [-0.05, 0) is 34.1 Å². The standard InChI is InChI=1S/C14H11BrClNO2/c15-14-10(16)5-3-6-11(14)17-13(19)8-9-4-1-2-7-12(9)18/h1-7,18H,8H2,(H,17,19). The molecule has 0 aliphatic heterocycles. The lowest BCUT2D eigenvalue weighted by Gasteiger charge is -2.09. The van der Waals surface area contributed by atoms with Crippen molar-refractivity contribution in [1.82, 2.24) is 0 Å². The molecule has 0 unspecified atom stereocenters. The van der Waals surface area contributed by atoms with Gasteiger partial charge in [-0.15, -0.1) is 0 Å². The van der Waals surface area contributed by atoms with Crippen molar-refractivity contribution in [2.45, 2.75) is 6.42 Å². The summed E-state index contributed by atoms with van der Waals surface area (Å²) < 4.78 is 0.641. The molecule has 0 saturated carbocycles. The van der Waals surface area contributed by atoms with Crippen LogP contribution in [0.5, 0.6) is 5.75 Å². The molecule has 2 aromatic carbocycles. The van der Waals surface area contributed by atoms with Crippen LogP contribution < -0.4 is 5.32 Å². The zero-order valence-corrected chi connectivity index (χ0v) is 12.2. The van der Waals surface area contributed by atoms with Crippen LogP contribution in [0.1, 0.15) is 5.56 Å². The summed E-state index contributed by atoms with van der Waals surface area (Å²) in [5, 5.41) is 12.9. The molecule has 0 spiro atoms. The van der Waals surface area contributed by atoms with E-state index >= 15 is 0 Å². The van der Waals surface area contributed by atoms with Crippen molar-refractivity contribution < 1.29 is 9.90 Å². The number of amides is 1. The monoisotopic (exact) mass is 339 g/mol. The van der Waals surface area contributed by atoms with Gasteiger partial charge in [0, 0.05) is 5.56 Å². The fourth-order valence-electron chi connectivity index (χ4n) is 1.63. The zero-order valence-electron chi connectivity index (χ0n) is 9.86. The summed E-state index contributed by atoms with van der Waals surface area (Å²) in [6.45, 7) is 0. The molecule has 5 heteroatoms. The Balaban J connectivity index is 2.10. The van der Waals surface area contributed by atoms with Gasteiger partial charge in [-0.25, -0.2) is 0 Å². The molecule has 0 heterocycles. The minimum absolute atomic E-state index is 0.103. The SMILES string of the molecule is O=C(Cc1ccccc1O)Nc1cccc(Cl)c1Br. The maximum atomic E-state index is 11.9. The summed E-state index contributed by atoms with van der Waals surface area (Å²) in [7, 11) is 0. The average Bonchev–Trinajstić information content (AvgIpc) is 2.38. The number of halogens is 2. The molecule has 0 aromatic heterocycles. The molecule has 0 aliphatic rings. The molecule has 1 amide bonds. The summed E-state index contributed by atoms with van der Waals surface area (Å²) in [6, 6.07) is 12.0. The smallest absolute Gasteiger partial charge is 0.228 e. The van der Waals surface area contributed by atoms with Crippen LogP contribution in [-0.4, -0.2) is 11.0 Å².